The maximum Gasteiger partial charge on any atom is 0.232 e. The lowest BCUT2D eigenvalue weighted by atomic mass is 10.2. The molecule has 0 aromatic carbocycles. The molecule has 134 valence electrons. The van der Waals surface area contributed by atoms with Gasteiger partial charge in [0, 0.05) is 32.5 Å². The Kier molecular flexibility index (Phi) is 5.19. The molecule has 1 saturated heterocycles. The highest BCUT2D eigenvalue weighted by Gasteiger charge is 2.32. The predicted molar refractivity (Wildman–Crippen MR) is 87.3 cm³/mol. The molecule has 0 aliphatic carbocycles. The number of ether oxygens (including phenoxy) is 1. The average Bonchev–Trinajstić information content (AvgIpc) is 3.04. The van der Waals surface area contributed by atoms with Crippen molar-refractivity contribution in [2.75, 3.05) is 11.9 Å². The molecule has 25 heavy (non-hydrogen) atoms. The van der Waals surface area contributed by atoms with E-state index < -0.39 is 11.9 Å². The standard InChI is InChI=1S/C15H17F2N5O2S/c1-8-3-10(24-13-5-18-12(16)4-19-13)6-22(8)7-11-14(17)21-15(25-11)20-9(2)23/h4-5,8,10H,3,6-7H2,1-2H3,(H,20,21,23)/t8-,10+/m0/s1. The van der Waals surface area contributed by atoms with E-state index in [1.807, 2.05) is 6.92 Å². The summed E-state index contributed by atoms with van der Waals surface area (Å²) in [6.45, 7) is 4.32. The fourth-order valence-electron chi connectivity index (χ4n) is 2.70. The zero-order valence-corrected chi connectivity index (χ0v) is 14.5. The lowest BCUT2D eigenvalue weighted by molar-refractivity contribution is -0.114. The van der Waals surface area contributed by atoms with E-state index in [-0.39, 0.29) is 29.1 Å². The van der Waals surface area contributed by atoms with Crippen LogP contribution in [0.25, 0.3) is 0 Å². The third kappa shape index (κ3) is 4.45. The van der Waals surface area contributed by atoms with Crippen molar-refractivity contribution in [1.82, 2.24) is 19.9 Å². The number of likely N-dealkylation sites (tertiary alicyclic amines) is 1. The smallest absolute Gasteiger partial charge is 0.232 e. The number of rotatable bonds is 5. The summed E-state index contributed by atoms with van der Waals surface area (Å²) >= 11 is 1.12. The van der Waals surface area contributed by atoms with Crippen molar-refractivity contribution in [2.45, 2.75) is 39.0 Å². The molecule has 3 heterocycles. The third-order valence-electron chi connectivity index (χ3n) is 3.83. The molecule has 10 heteroatoms. The molecule has 1 aliphatic heterocycles. The first-order valence-electron chi connectivity index (χ1n) is 7.71. The second-order valence-electron chi connectivity index (χ2n) is 5.85. The van der Waals surface area contributed by atoms with Crippen LogP contribution >= 0.6 is 11.3 Å². The van der Waals surface area contributed by atoms with Gasteiger partial charge < -0.3 is 10.1 Å². The number of halogens is 2. The van der Waals surface area contributed by atoms with Gasteiger partial charge in [0.05, 0.1) is 17.3 Å². The van der Waals surface area contributed by atoms with Crippen molar-refractivity contribution in [2.24, 2.45) is 0 Å². The lowest BCUT2D eigenvalue weighted by Gasteiger charge is -2.19. The van der Waals surface area contributed by atoms with Gasteiger partial charge in [-0.3, -0.25) is 9.69 Å². The summed E-state index contributed by atoms with van der Waals surface area (Å²) in [6, 6.07) is 0.170. The zero-order valence-electron chi connectivity index (χ0n) is 13.7. The van der Waals surface area contributed by atoms with Crippen molar-refractivity contribution in [1.29, 1.82) is 0 Å². The highest BCUT2D eigenvalue weighted by atomic mass is 32.1. The van der Waals surface area contributed by atoms with Crippen LogP contribution in [0.5, 0.6) is 5.88 Å². The molecule has 1 N–H and O–H groups in total. The molecule has 0 unspecified atom stereocenters. The maximum atomic E-state index is 14.0. The Labute approximate surface area is 147 Å². The number of hydrogen-bond donors (Lipinski definition) is 1. The van der Waals surface area contributed by atoms with Crippen LogP contribution < -0.4 is 10.1 Å². The average molecular weight is 369 g/mol. The van der Waals surface area contributed by atoms with E-state index in [0.29, 0.717) is 18.0 Å². The Bertz CT molecular complexity index is 755. The number of aromatic nitrogens is 3. The maximum absolute atomic E-state index is 14.0. The predicted octanol–water partition coefficient (Wildman–Crippen LogP) is 2.21. The van der Waals surface area contributed by atoms with Crippen LogP contribution in [0.2, 0.25) is 0 Å². The van der Waals surface area contributed by atoms with Crippen LogP contribution in [0.4, 0.5) is 13.9 Å². The van der Waals surface area contributed by atoms with Crippen molar-refractivity contribution >= 4 is 22.4 Å². The van der Waals surface area contributed by atoms with Crippen molar-refractivity contribution in [3.63, 3.8) is 0 Å². The van der Waals surface area contributed by atoms with Crippen LogP contribution in [0.15, 0.2) is 12.4 Å². The van der Waals surface area contributed by atoms with E-state index in [1.165, 1.54) is 13.1 Å². The molecule has 1 aliphatic rings. The Hall–Kier alpha value is -2.20. The molecule has 0 radical (unpaired) electrons. The van der Waals surface area contributed by atoms with E-state index >= 15 is 0 Å². The van der Waals surface area contributed by atoms with Gasteiger partial charge >= 0.3 is 0 Å². The minimum Gasteiger partial charge on any atom is -0.472 e. The van der Waals surface area contributed by atoms with E-state index in [0.717, 1.165) is 24.0 Å². The van der Waals surface area contributed by atoms with E-state index in [1.54, 1.807) is 0 Å². The molecule has 1 amide bonds. The summed E-state index contributed by atoms with van der Waals surface area (Å²) in [4.78, 5) is 24.6. The molecule has 7 nitrogen and oxygen atoms in total. The summed E-state index contributed by atoms with van der Waals surface area (Å²) in [7, 11) is 0. The Morgan fingerprint density at radius 1 is 1.44 bits per heavy atom. The number of carbonyl (C=O) groups excluding carboxylic acids is 1. The minimum absolute atomic E-state index is 0.138. The molecule has 1 fully saturated rings. The normalized spacial score (nSPS) is 20.6. The van der Waals surface area contributed by atoms with Crippen molar-refractivity contribution < 1.29 is 18.3 Å². The second-order valence-corrected chi connectivity index (χ2v) is 6.93. The fraction of sp³-hybridized carbons (Fsp3) is 0.467. The van der Waals surface area contributed by atoms with Crippen LogP contribution in [0.1, 0.15) is 25.1 Å². The van der Waals surface area contributed by atoms with Gasteiger partial charge in [-0.2, -0.15) is 13.8 Å². The quantitative estimate of drug-likeness (QED) is 0.870. The fourth-order valence-corrected chi connectivity index (χ4v) is 3.62. The molecule has 0 spiro atoms. The number of hydrogen-bond acceptors (Lipinski definition) is 7. The first-order chi connectivity index (χ1) is 11.9. The monoisotopic (exact) mass is 369 g/mol. The van der Waals surface area contributed by atoms with Crippen LogP contribution in [-0.4, -0.2) is 44.4 Å². The van der Waals surface area contributed by atoms with Gasteiger partial charge in [-0.15, -0.1) is 0 Å². The SMILES string of the molecule is CC(=O)Nc1nc(F)c(CN2C[C@H](Oc3cnc(F)cn3)C[C@@H]2C)s1. The van der Waals surface area contributed by atoms with Crippen LogP contribution in [0, 0.1) is 11.9 Å². The summed E-state index contributed by atoms with van der Waals surface area (Å²) in [5.74, 6) is -1.26. The number of nitrogens with zero attached hydrogens (tertiary/aromatic N) is 4. The molecule has 3 rings (SSSR count). The number of carbonyl (C=O) groups is 1. The minimum atomic E-state index is -0.663. The molecule has 0 bridgehead atoms. The highest BCUT2D eigenvalue weighted by molar-refractivity contribution is 7.15. The van der Waals surface area contributed by atoms with Crippen LogP contribution in [0.3, 0.4) is 0 Å². The number of anilines is 1. The Morgan fingerprint density at radius 3 is 2.92 bits per heavy atom. The molecular weight excluding hydrogens is 352 g/mol. The van der Waals surface area contributed by atoms with Gasteiger partial charge in [0.1, 0.15) is 6.10 Å². The summed E-state index contributed by atoms with van der Waals surface area (Å²) in [5, 5.41) is 2.74. The Balaban J connectivity index is 1.61. The largest absolute Gasteiger partial charge is 0.472 e. The Morgan fingerprint density at radius 2 is 2.24 bits per heavy atom. The topological polar surface area (TPSA) is 80.2 Å². The van der Waals surface area contributed by atoms with E-state index in [2.05, 4.69) is 25.2 Å². The zero-order chi connectivity index (χ0) is 18.0. The van der Waals surface area contributed by atoms with Gasteiger partial charge in [-0.1, -0.05) is 11.3 Å². The number of amides is 1. The first-order valence-corrected chi connectivity index (χ1v) is 8.53. The summed E-state index contributed by atoms with van der Waals surface area (Å²) < 4.78 is 32.5. The van der Waals surface area contributed by atoms with Gasteiger partial charge in [-0.25, -0.2) is 9.97 Å². The van der Waals surface area contributed by atoms with Gasteiger partial charge in [0.25, 0.3) is 0 Å². The van der Waals surface area contributed by atoms with E-state index in [4.69, 9.17) is 4.74 Å². The van der Waals surface area contributed by atoms with E-state index in [9.17, 15) is 13.6 Å². The van der Waals surface area contributed by atoms with Gasteiger partial charge in [0.15, 0.2) is 5.13 Å². The highest BCUT2D eigenvalue weighted by Crippen LogP contribution is 2.28. The number of thiazole rings is 1. The third-order valence-corrected chi connectivity index (χ3v) is 4.76. The van der Waals surface area contributed by atoms with Gasteiger partial charge in [0.2, 0.25) is 23.7 Å². The first kappa shape index (κ1) is 17.6. The molecule has 2 atom stereocenters. The molecule has 2 aromatic rings. The molecular formula is C15H17F2N5O2S. The van der Waals surface area contributed by atoms with Crippen molar-refractivity contribution in [3.8, 4) is 5.88 Å². The second kappa shape index (κ2) is 7.36. The van der Waals surface area contributed by atoms with Crippen molar-refractivity contribution in [3.05, 3.63) is 29.2 Å². The van der Waals surface area contributed by atoms with Crippen LogP contribution in [-0.2, 0) is 11.3 Å². The molecule has 2 aromatic heterocycles. The summed E-state index contributed by atoms with van der Waals surface area (Å²) in [5.41, 5.74) is 0. The lowest BCUT2D eigenvalue weighted by Crippen LogP contribution is -2.28. The van der Waals surface area contributed by atoms with Gasteiger partial charge in [-0.05, 0) is 6.92 Å². The molecule has 0 saturated carbocycles. The number of nitrogens with one attached hydrogen (secondary N) is 1. The summed E-state index contributed by atoms with van der Waals surface area (Å²) in [6.07, 6.45) is 2.84.